The van der Waals surface area contributed by atoms with Gasteiger partial charge in [-0.2, -0.15) is 0 Å². The van der Waals surface area contributed by atoms with Gasteiger partial charge in [-0.15, -0.1) is 10.2 Å². The number of carbonyl (C=O) groups excluding carboxylic acids is 1. The molecule has 0 bridgehead atoms. The van der Waals surface area contributed by atoms with Crippen molar-refractivity contribution >= 4 is 17.5 Å². The first-order valence-electron chi connectivity index (χ1n) is 6.30. The quantitative estimate of drug-likeness (QED) is 0.578. The van der Waals surface area contributed by atoms with E-state index in [4.69, 9.17) is 4.74 Å². The van der Waals surface area contributed by atoms with Gasteiger partial charge in [0.2, 0.25) is 0 Å². The molecule has 106 valence electrons. The van der Waals surface area contributed by atoms with Crippen molar-refractivity contribution in [1.82, 2.24) is 14.8 Å². The van der Waals surface area contributed by atoms with Gasteiger partial charge in [0, 0.05) is 19.2 Å². The smallest absolute Gasteiger partial charge is 0.191 e. The second-order valence-electron chi connectivity index (χ2n) is 4.38. The second kappa shape index (κ2) is 7.21. The zero-order valence-corrected chi connectivity index (χ0v) is 12.4. The molecule has 0 N–H and O–H groups in total. The van der Waals surface area contributed by atoms with E-state index in [1.54, 1.807) is 13.4 Å². The molecule has 0 aliphatic rings. The van der Waals surface area contributed by atoms with Gasteiger partial charge in [0.05, 0.1) is 12.4 Å². The van der Waals surface area contributed by atoms with Gasteiger partial charge in [-0.1, -0.05) is 41.6 Å². The molecule has 0 radical (unpaired) electrons. The summed E-state index contributed by atoms with van der Waals surface area (Å²) in [5.74, 6) is 0.450. The SMILES string of the molecule is COCCn1cnnc1SCC(=O)c1ccc(C)cc1. The first-order chi connectivity index (χ1) is 9.70. The van der Waals surface area contributed by atoms with Crippen molar-refractivity contribution in [3.05, 3.63) is 41.7 Å². The van der Waals surface area contributed by atoms with Crippen LogP contribution in [0.1, 0.15) is 15.9 Å². The Bertz CT molecular complexity index is 566. The molecule has 0 spiro atoms. The topological polar surface area (TPSA) is 57.0 Å². The molecule has 2 aromatic rings. The maximum absolute atomic E-state index is 12.1. The fourth-order valence-electron chi connectivity index (χ4n) is 1.65. The Hall–Kier alpha value is -1.66. The van der Waals surface area contributed by atoms with Crippen molar-refractivity contribution in [2.45, 2.75) is 18.6 Å². The van der Waals surface area contributed by atoms with E-state index in [2.05, 4.69) is 10.2 Å². The molecular formula is C14H17N3O2S. The average Bonchev–Trinajstić information content (AvgIpc) is 2.90. The minimum atomic E-state index is 0.0938. The summed E-state index contributed by atoms with van der Waals surface area (Å²) in [7, 11) is 1.65. The van der Waals surface area contributed by atoms with Crippen LogP contribution in [-0.2, 0) is 11.3 Å². The molecule has 1 heterocycles. The number of ketones is 1. The maximum atomic E-state index is 12.1. The van der Waals surface area contributed by atoms with Crippen LogP contribution in [0.5, 0.6) is 0 Å². The Labute approximate surface area is 122 Å². The molecule has 0 aliphatic carbocycles. The van der Waals surface area contributed by atoms with Crippen LogP contribution in [0, 0.1) is 6.92 Å². The van der Waals surface area contributed by atoms with Crippen LogP contribution < -0.4 is 0 Å². The van der Waals surface area contributed by atoms with Crippen LogP contribution in [0.4, 0.5) is 0 Å². The molecule has 0 saturated carbocycles. The fourth-order valence-corrected chi connectivity index (χ4v) is 2.49. The summed E-state index contributed by atoms with van der Waals surface area (Å²) < 4.78 is 6.91. The lowest BCUT2D eigenvalue weighted by molar-refractivity contribution is 0.102. The summed E-state index contributed by atoms with van der Waals surface area (Å²) in [6, 6.07) is 7.60. The lowest BCUT2D eigenvalue weighted by Gasteiger charge is -2.05. The third-order valence-electron chi connectivity index (χ3n) is 2.82. The molecule has 5 nitrogen and oxygen atoms in total. The van der Waals surface area contributed by atoms with Crippen molar-refractivity contribution in [2.75, 3.05) is 19.5 Å². The number of ether oxygens (including phenoxy) is 1. The van der Waals surface area contributed by atoms with Gasteiger partial charge < -0.3 is 9.30 Å². The van der Waals surface area contributed by atoms with Gasteiger partial charge in [0.1, 0.15) is 6.33 Å². The van der Waals surface area contributed by atoms with Crippen LogP contribution in [0.3, 0.4) is 0 Å². The highest BCUT2D eigenvalue weighted by Crippen LogP contribution is 2.17. The van der Waals surface area contributed by atoms with E-state index in [0.717, 1.165) is 16.3 Å². The predicted molar refractivity (Wildman–Crippen MR) is 78.1 cm³/mol. The van der Waals surface area contributed by atoms with E-state index in [1.165, 1.54) is 11.8 Å². The van der Waals surface area contributed by atoms with Crippen molar-refractivity contribution in [2.24, 2.45) is 0 Å². The third-order valence-corrected chi connectivity index (χ3v) is 3.80. The highest BCUT2D eigenvalue weighted by atomic mass is 32.2. The van der Waals surface area contributed by atoms with Crippen molar-refractivity contribution in [3.8, 4) is 0 Å². The van der Waals surface area contributed by atoms with Gasteiger partial charge in [-0.25, -0.2) is 0 Å². The molecule has 0 atom stereocenters. The van der Waals surface area contributed by atoms with Gasteiger partial charge in [0.15, 0.2) is 10.9 Å². The normalized spacial score (nSPS) is 10.7. The van der Waals surface area contributed by atoms with Crippen LogP contribution in [0.25, 0.3) is 0 Å². The predicted octanol–water partition coefficient (Wildman–Crippen LogP) is 2.21. The van der Waals surface area contributed by atoms with E-state index in [9.17, 15) is 4.79 Å². The number of methoxy groups -OCH3 is 1. The number of benzene rings is 1. The van der Waals surface area contributed by atoms with E-state index < -0.39 is 0 Å². The first kappa shape index (κ1) is 14.7. The summed E-state index contributed by atoms with van der Waals surface area (Å²) in [5, 5.41) is 8.62. The Kier molecular flexibility index (Phi) is 5.31. The number of rotatable bonds is 7. The number of thioether (sulfide) groups is 1. The van der Waals surface area contributed by atoms with Crippen LogP contribution in [-0.4, -0.2) is 40.0 Å². The molecule has 1 aromatic heterocycles. The third kappa shape index (κ3) is 3.91. The monoisotopic (exact) mass is 291 g/mol. The molecule has 20 heavy (non-hydrogen) atoms. The first-order valence-corrected chi connectivity index (χ1v) is 7.28. The number of aromatic nitrogens is 3. The van der Waals surface area contributed by atoms with Gasteiger partial charge in [-0.3, -0.25) is 4.79 Å². The minimum absolute atomic E-state index is 0.0938. The Morgan fingerprint density at radius 1 is 1.35 bits per heavy atom. The van der Waals surface area contributed by atoms with Crippen LogP contribution in [0.15, 0.2) is 35.7 Å². The summed E-state index contributed by atoms with van der Waals surface area (Å²) in [4.78, 5) is 12.1. The molecule has 0 unspecified atom stereocenters. The molecular weight excluding hydrogens is 274 g/mol. The Balaban J connectivity index is 1.93. The highest BCUT2D eigenvalue weighted by Gasteiger charge is 2.10. The summed E-state index contributed by atoms with van der Waals surface area (Å²) in [6.07, 6.45) is 1.65. The van der Waals surface area contributed by atoms with E-state index in [1.807, 2.05) is 35.8 Å². The average molecular weight is 291 g/mol. The Morgan fingerprint density at radius 3 is 2.80 bits per heavy atom. The molecule has 0 fully saturated rings. The largest absolute Gasteiger partial charge is 0.383 e. The Morgan fingerprint density at radius 2 is 2.10 bits per heavy atom. The van der Waals surface area contributed by atoms with Crippen LogP contribution >= 0.6 is 11.8 Å². The maximum Gasteiger partial charge on any atom is 0.191 e. The van der Waals surface area contributed by atoms with Crippen molar-refractivity contribution in [3.63, 3.8) is 0 Å². The number of aryl methyl sites for hydroxylation is 1. The second-order valence-corrected chi connectivity index (χ2v) is 5.32. The molecule has 0 aliphatic heterocycles. The number of Topliss-reactive ketones (excluding diaryl/α,β-unsaturated/α-hetero) is 1. The lowest BCUT2D eigenvalue weighted by atomic mass is 10.1. The molecule has 0 amide bonds. The van der Waals surface area contributed by atoms with Crippen LogP contribution in [0.2, 0.25) is 0 Å². The van der Waals surface area contributed by atoms with E-state index in [-0.39, 0.29) is 5.78 Å². The zero-order valence-electron chi connectivity index (χ0n) is 11.6. The fraction of sp³-hybridized carbons (Fsp3) is 0.357. The number of hydrogen-bond donors (Lipinski definition) is 0. The van der Waals surface area contributed by atoms with Crippen molar-refractivity contribution < 1.29 is 9.53 Å². The summed E-state index contributed by atoms with van der Waals surface area (Å²) in [5.41, 5.74) is 1.87. The van der Waals surface area contributed by atoms with Gasteiger partial charge in [-0.05, 0) is 6.92 Å². The van der Waals surface area contributed by atoms with E-state index >= 15 is 0 Å². The molecule has 0 saturated heterocycles. The number of nitrogens with zero attached hydrogens (tertiary/aromatic N) is 3. The van der Waals surface area contributed by atoms with Crippen molar-refractivity contribution in [1.29, 1.82) is 0 Å². The summed E-state index contributed by atoms with van der Waals surface area (Å²) in [6.45, 7) is 3.28. The molecule has 1 aromatic carbocycles. The number of hydrogen-bond acceptors (Lipinski definition) is 5. The number of carbonyl (C=O) groups is 1. The van der Waals surface area contributed by atoms with E-state index in [0.29, 0.717) is 18.9 Å². The zero-order chi connectivity index (χ0) is 14.4. The minimum Gasteiger partial charge on any atom is -0.383 e. The van der Waals surface area contributed by atoms with Gasteiger partial charge >= 0.3 is 0 Å². The molecule has 2 rings (SSSR count). The standard InChI is InChI=1S/C14H17N3O2S/c1-11-3-5-12(6-4-11)13(18)9-20-14-16-15-10-17(14)7-8-19-2/h3-6,10H,7-9H2,1-2H3. The highest BCUT2D eigenvalue weighted by molar-refractivity contribution is 7.99. The summed E-state index contributed by atoms with van der Waals surface area (Å²) >= 11 is 1.40. The van der Waals surface area contributed by atoms with Gasteiger partial charge in [0.25, 0.3) is 0 Å². The molecule has 6 heteroatoms. The lowest BCUT2D eigenvalue weighted by Crippen LogP contribution is -2.07.